The van der Waals surface area contributed by atoms with Gasteiger partial charge in [0.1, 0.15) is 0 Å². The van der Waals surface area contributed by atoms with E-state index in [0.29, 0.717) is 18.2 Å². The lowest BCUT2D eigenvalue weighted by Gasteiger charge is -2.51. The second-order valence-corrected chi connectivity index (χ2v) is 9.18. The van der Waals surface area contributed by atoms with Crippen LogP contribution in [0.5, 0.6) is 0 Å². The second kappa shape index (κ2) is 7.22. The van der Waals surface area contributed by atoms with E-state index in [1.165, 1.54) is 11.1 Å². The Morgan fingerprint density at radius 1 is 1.36 bits per heavy atom. The summed E-state index contributed by atoms with van der Waals surface area (Å²) in [5.74, 6) is 2.26. The number of hydrogen-bond acceptors (Lipinski definition) is 3. The van der Waals surface area contributed by atoms with E-state index < -0.39 is 0 Å². The summed E-state index contributed by atoms with van der Waals surface area (Å²) >= 11 is 0. The fourth-order valence-corrected chi connectivity index (χ4v) is 6.53. The van der Waals surface area contributed by atoms with Crippen molar-refractivity contribution in [1.82, 2.24) is 5.32 Å². The van der Waals surface area contributed by atoms with E-state index in [-0.39, 0.29) is 17.4 Å². The first-order chi connectivity index (χ1) is 13.5. The summed E-state index contributed by atoms with van der Waals surface area (Å²) in [7, 11) is 0. The normalized spacial score (nSPS) is 38.2. The first-order valence-electron chi connectivity index (χ1n) is 10.8. The predicted molar refractivity (Wildman–Crippen MR) is 110 cm³/mol. The molecule has 4 heteroatoms. The highest BCUT2D eigenvalue weighted by atomic mass is 16.5. The maximum atomic E-state index is 11.0. The van der Waals surface area contributed by atoms with E-state index in [4.69, 9.17) is 4.74 Å². The van der Waals surface area contributed by atoms with Crippen molar-refractivity contribution in [3.8, 4) is 0 Å². The maximum absolute atomic E-state index is 11.0. The highest BCUT2D eigenvalue weighted by Crippen LogP contribution is 2.64. The summed E-state index contributed by atoms with van der Waals surface area (Å²) < 4.78 is 5.81. The van der Waals surface area contributed by atoms with Gasteiger partial charge in [0.15, 0.2) is 0 Å². The summed E-state index contributed by atoms with van der Waals surface area (Å²) in [6.07, 6.45) is 14.2. The smallest absolute Gasteiger partial charge is 0.211 e. The van der Waals surface area contributed by atoms with Crippen LogP contribution in [-0.2, 0) is 9.53 Å². The number of aliphatic hydroxyl groups excluding tert-OH is 1. The number of fused-ring (bicyclic) bond motifs is 5. The molecule has 0 aliphatic heterocycles. The van der Waals surface area contributed by atoms with Crippen LogP contribution in [-0.4, -0.2) is 24.7 Å². The van der Waals surface area contributed by atoms with E-state index in [0.717, 1.165) is 56.6 Å². The van der Waals surface area contributed by atoms with Gasteiger partial charge in [-0.3, -0.25) is 4.79 Å². The zero-order chi connectivity index (χ0) is 19.9. The van der Waals surface area contributed by atoms with Gasteiger partial charge >= 0.3 is 0 Å². The number of hydrogen-bond donors (Lipinski definition) is 2. The van der Waals surface area contributed by atoms with Crippen molar-refractivity contribution in [2.75, 3.05) is 13.2 Å². The monoisotopic (exact) mass is 383 g/mol. The molecule has 0 aromatic carbocycles. The Morgan fingerprint density at radius 3 is 2.89 bits per heavy atom. The molecular formula is C24H33NO3. The molecule has 0 spiro atoms. The van der Waals surface area contributed by atoms with Crippen molar-refractivity contribution in [2.45, 2.75) is 59.3 Å². The Morgan fingerprint density at radius 2 is 2.18 bits per heavy atom. The molecule has 4 aliphatic carbocycles. The van der Waals surface area contributed by atoms with E-state index in [9.17, 15) is 9.90 Å². The van der Waals surface area contributed by atoms with Crippen molar-refractivity contribution in [3.63, 3.8) is 0 Å². The van der Waals surface area contributed by atoms with Crippen LogP contribution in [0.1, 0.15) is 59.3 Å². The van der Waals surface area contributed by atoms with Crippen molar-refractivity contribution in [2.24, 2.45) is 22.7 Å². The van der Waals surface area contributed by atoms with Gasteiger partial charge in [0.2, 0.25) is 6.41 Å². The van der Waals surface area contributed by atoms with Crippen LogP contribution < -0.4 is 5.32 Å². The summed E-state index contributed by atoms with van der Waals surface area (Å²) in [6, 6.07) is 0. The van der Waals surface area contributed by atoms with Gasteiger partial charge in [-0.1, -0.05) is 31.6 Å². The lowest BCUT2D eigenvalue weighted by atomic mass is 9.53. The van der Waals surface area contributed by atoms with Gasteiger partial charge < -0.3 is 15.2 Å². The molecular weight excluding hydrogens is 350 g/mol. The Kier molecular flexibility index (Phi) is 5.03. The van der Waals surface area contributed by atoms with E-state index >= 15 is 0 Å². The third-order valence-electron chi connectivity index (χ3n) is 7.98. The molecule has 4 rings (SSSR count). The molecule has 0 saturated heterocycles. The molecule has 0 aromatic heterocycles. The fraction of sp³-hybridized carbons (Fsp3) is 0.625. The largest absolute Gasteiger partial charge is 0.498 e. The standard InChI is InChI=1S/C24H33NO3/c1-4-28-17-9-11-23(2)16(13-17)5-6-18-19-7-8-21(22(14-26)25-15-27)24(19,3)12-10-20(18)23/h5,10,13,15,18-19,26H,4,6-9,11-12,14H2,1-3H3,(H,25,27)/t18-,19-,23-,24-/m0/s1. The van der Waals surface area contributed by atoms with Gasteiger partial charge in [-0.15, -0.1) is 0 Å². The van der Waals surface area contributed by atoms with Crippen LogP contribution in [0.25, 0.3) is 0 Å². The number of ether oxygens (including phenoxy) is 1. The molecule has 2 N–H and O–H groups in total. The van der Waals surface area contributed by atoms with E-state index in [1.807, 2.05) is 0 Å². The van der Waals surface area contributed by atoms with Crippen molar-refractivity contribution >= 4 is 6.41 Å². The minimum atomic E-state index is -0.0929. The average molecular weight is 384 g/mol. The average Bonchev–Trinajstić information content (AvgIpc) is 3.04. The molecule has 4 nitrogen and oxygen atoms in total. The molecule has 1 saturated carbocycles. The molecule has 0 unspecified atom stereocenters. The Hall–Kier alpha value is -1.81. The molecule has 4 atom stereocenters. The van der Waals surface area contributed by atoms with Gasteiger partial charge in [0.25, 0.3) is 0 Å². The quantitative estimate of drug-likeness (QED) is 0.547. The zero-order valence-electron chi connectivity index (χ0n) is 17.4. The lowest BCUT2D eigenvalue weighted by Crippen LogP contribution is -2.42. The van der Waals surface area contributed by atoms with Gasteiger partial charge in [0, 0.05) is 17.5 Å². The van der Waals surface area contributed by atoms with Gasteiger partial charge in [-0.25, -0.2) is 0 Å². The van der Waals surface area contributed by atoms with Crippen molar-refractivity contribution < 1.29 is 14.6 Å². The van der Waals surface area contributed by atoms with Crippen LogP contribution in [0.4, 0.5) is 0 Å². The lowest BCUT2D eigenvalue weighted by molar-refractivity contribution is -0.109. The topological polar surface area (TPSA) is 58.6 Å². The Bertz CT molecular complexity index is 790. The van der Waals surface area contributed by atoms with Crippen LogP contribution in [0.15, 0.2) is 46.4 Å². The minimum Gasteiger partial charge on any atom is -0.498 e. The van der Waals surface area contributed by atoms with Gasteiger partial charge in [-0.05, 0) is 73.5 Å². The van der Waals surface area contributed by atoms with Crippen LogP contribution in [0.2, 0.25) is 0 Å². The highest BCUT2D eigenvalue weighted by molar-refractivity contribution is 5.52. The third-order valence-corrected chi connectivity index (χ3v) is 7.98. The molecule has 152 valence electrons. The fourth-order valence-electron chi connectivity index (χ4n) is 6.53. The number of amides is 1. The van der Waals surface area contributed by atoms with Crippen LogP contribution in [0.3, 0.4) is 0 Å². The molecule has 0 heterocycles. The van der Waals surface area contributed by atoms with Gasteiger partial charge in [0.05, 0.1) is 19.0 Å². The Balaban J connectivity index is 1.70. The summed E-state index contributed by atoms with van der Waals surface area (Å²) in [4.78, 5) is 11.0. The number of aliphatic hydroxyl groups is 1. The molecule has 1 amide bonds. The minimum absolute atomic E-state index is 0.0327. The number of rotatable bonds is 5. The third kappa shape index (κ3) is 2.80. The summed E-state index contributed by atoms with van der Waals surface area (Å²) in [5, 5.41) is 12.6. The van der Waals surface area contributed by atoms with Crippen LogP contribution >= 0.6 is 0 Å². The highest BCUT2D eigenvalue weighted by Gasteiger charge is 2.54. The SMILES string of the molecule is CCOC1=CC2=CC[C@@H]3C(=CC[C@]4(C)C(=C(CO)NC=O)CC[C@@H]34)[C@@]2(C)CC1. The number of nitrogens with one attached hydrogen (secondary N) is 1. The first-order valence-corrected chi connectivity index (χ1v) is 10.8. The van der Waals surface area contributed by atoms with E-state index in [1.54, 1.807) is 5.57 Å². The summed E-state index contributed by atoms with van der Waals surface area (Å²) in [6.45, 7) is 7.45. The first kappa shape index (κ1) is 19.5. The molecule has 1 fully saturated rings. The van der Waals surface area contributed by atoms with Crippen LogP contribution in [0, 0.1) is 22.7 Å². The number of carbonyl (C=O) groups is 1. The number of carbonyl (C=O) groups excluding carboxylic acids is 1. The van der Waals surface area contributed by atoms with Gasteiger partial charge in [-0.2, -0.15) is 0 Å². The Labute approximate surface area is 168 Å². The molecule has 0 radical (unpaired) electrons. The summed E-state index contributed by atoms with van der Waals surface area (Å²) in [5.41, 5.74) is 5.18. The molecule has 0 bridgehead atoms. The zero-order valence-corrected chi connectivity index (χ0v) is 17.4. The maximum Gasteiger partial charge on any atom is 0.211 e. The van der Waals surface area contributed by atoms with Crippen molar-refractivity contribution in [3.05, 3.63) is 46.4 Å². The molecule has 0 aromatic rings. The van der Waals surface area contributed by atoms with E-state index in [2.05, 4.69) is 44.3 Å². The molecule has 4 aliphatic rings. The number of allylic oxidation sites excluding steroid dienone is 7. The van der Waals surface area contributed by atoms with Crippen molar-refractivity contribution in [1.29, 1.82) is 0 Å². The second-order valence-electron chi connectivity index (χ2n) is 9.18. The predicted octanol–water partition coefficient (Wildman–Crippen LogP) is 4.39. The molecule has 28 heavy (non-hydrogen) atoms.